The van der Waals surface area contributed by atoms with E-state index < -0.39 is 0 Å². The van der Waals surface area contributed by atoms with Crippen LogP contribution in [0.4, 0.5) is 5.69 Å². The number of hydrogen-bond donors (Lipinski definition) is 1. The molecule has 1 rings (SSSR count). The van der Waals surface area contributed by atoms with Crippen LogP contribution in [0, 0.1) is 0 Å². The van der Waals surface area contributed by atoms with Crippen LogP contribution in [-0.2, 0) is 4.79 Å². The Hall–Kier alpha value is -1.36. The van der Waals surface area contributed by atoms with Gasteiger partial charge in [0.05, 0.1) is 17.1 Å². The van der Waals surface area contributed by atoms with Gasteiger partial charge in [-0.1, -0.05) is 22.9 Å². The molecule has 0 bridgehead atoms. The van der Waals surface area contributed by atoms with Gasteiger partial charge in [0.1, 0.15) is 5.75 Å². The minimum absolute atomic E-state index is 0.0119. The summed E-state index contributed by atoms with van der Waals surface area (Å²) in [5.41, 5.74) is 1.15. The van der Waals surface area contributed by atoms with Crippen molar-refractivity contribution in [2.45, 2.75) is 32.0 Å². The van der Waals surface area contributed by atoms with Gasteiger partial charge < -0.3 is 10.1 Å². The van der Waals surface area contributed by atoms with E-state index in [4.69, 9.17) is 4.74 Å². The predicted molar refractivity (Wildman–Crippen MR) is 79.3 cm³/mol. The third-order valence-electron chi connectivity index (χ3n) is 2.52. The molecule has 0 aliphatic carbocycles. The largest absolute Gasteiger partial charge is 0.492 e. The van der Waals surface area contributed by atoms with Crippen molar-refractivity contribution >= 4 is 33.3 Å². The van der Waals surface area contributed by atoms with Gasteiger partial charge in [0.15, 0.2) is 5.78 Å². The first-order valence-corrected chi connectivity index (χ1v) is 7.13. The second-order valence-electron chi connectivity index (χ2n) is 4.07. The van der Waals surface area contributed by atoms with Crippen LogP contribution in [0.5, 0.6) is 5.75 Å². The van der Waals surface area contributed by atoms with Crippen molar-refractivity contribution in [1.29, 1.82) is 0 Å². The number of ketones is 1. The van der Waals surface area contributed by atoms with Crippen LogP contribution in [0.2, 0.25) is 0 Å². The minimum atomic E-state index is -0.200. The first-order valence-electron chi connectivity index (χ1n) is 6.22. The van der Waals surface area contributed by atoms with Gasteiger partial charge in [-0.25, -0.2) is 0 Å². The van der Waals surface area contributed by atoms with Crippen molar-refractivity contribution in [2.24, 2.45) is 0 Å². The fourth-order valence-electron chi connectivity index (χ4n) is 1.61. The monoisotopic (exact) mass is 327 g/mol. The molecule has 104 valence electrons. The van der Waals surface area contributed by atoms with Crippen molar-refractivity contribution in [3.05, 3.63) is 23.8 Å². The van der Waals surface area contributed by atoms with Crippen LogP contribution in [-0.4, -0.2) is 23.1 Å². The molecule has 5 heteroatoms. The van der Waals surface area contributed by atoms with E-state index in [0.717, 1.165) is 6.42 Å². The third-order valence-corrected chi connectivity index (χ3v) is 3.58. The molecule has 19 heavy (non-hydrogen) atoms. The van der Waals surface area contributed by atoms with E-state index in [1.54, 1.807) is 18.2 Å². The van der Waals surface area contributed by atoms with E-state index in [9.17, 15) is 9.59 Å². The molecular weight excluding hydrogens is 310 g/mol. The van der Waals surface area contributed by atoms with Crippen LogP contribution >= 0.6 is 15.9 Å². The molecule has 1 N–H and O–H groups in total. The zero-order valence-corrected chi connectivity index (χ0v) is 12.9. The molecule has 0 radical (unpaired) electrons. The van der Waals surface area contributed by atoms with Crippen molar-refractivity contribution in [3.63, 3.8) is 0 Å². The maximum absolute atomic E-state index is 12.1. The second-order valence-corrected chi connectivity index (χ2v) is 5.17. The lowest BCUT2D eigenvalue weighted by molar-refractivity contribution is -0.114. The van der Waals surface area contributed by atoms with Crippen LogP contribution in [0.25, 0.3) is 0 Å². The number of hydrogen-bond acceptors (Lipinski definition) is 3. The molecule has 0 aliphatic rings. The number of anilines is 1. The molecule has 0 aliphatic heterocycles. The number of carbonyl (C=O) groups is 2. The summed E-state index contributed by atoms with van der Waals surface area (Å²) < 4.78 is 5.46. The highest BCUT2D eigenvalue weighted by molar-refractivity contribution is 9.10. The van der Waals surface area contributed by atoms with Gasteiger partial charge in [-0.05, 0) is 31.5 Å². The maximum Gasteiger partial charge on any atom is 0.221 e. The normalized spacial score (nSPS) is 11.8. The van der Waals surface area contributed by atoms with E-state index >= 15 is 0 Å². The summed E-state index contributed by atoms with van der Waals surface area (Å²) in [4.78, 5) is 23.0. The van der Waals surface area contributed by atoms with Crippen molar-refractivity contribution < 1.29 is 14.3 Å². The summed E-state index contributed by atoms with van der Waals surface area (Å²) >= 11 is 3.34. The Morgan fingerprint density at radius 3 is 2.58 bits per heavy atom. The smallest absolute Gasteiger partial charge is 0.221 e. The SMILES string of the molecule is CCOc1cc(C(=O)C(Br)CC)ccc1NC(C)=O. The fraction of sp³-hybridized carbons (Fsp3) is 0.429. The Morgan fingerprint density at radius 2 is 2.05 bits per heavy atom. The number of ether oxygens (including phenoxy) is 1. The Kier molecular flexibility index (Phi) is 6.02. The van der Waals surface area contributed by atoms with E-state index in [1.807, 2.05) is 13.8 Å². The number of Topliss-reactive ketones (excluding diaryl/α,β-unsaturated/α-hetero) is 1. The van der Waals surface area contributed by atoms with Crippen LogP contribution in [0.15, 0.2) is 18.2 Å². The molecule has 1 aromatic rings. The number of halogens is 1. The lowest BCUT2D eigenvalue weighted by Gasteiger charge is -2.13. The summed E-state index contributed by atoms with van der Waals surface area (Å²) in [5.74, 6) is 0.351. The highest BCUT2D eigenvalue weighted by Gasteiger charge is 2.17. The highest BCUT2D eigenvalue weighted by atomic mass is 79.9. The van der Waals surface area contributed by atoms with Crippen molar-refractivity contribution in [1.82, 2.24) is 0 Å². The quantitative estimate of drug-likeness (QED) is 0.643. The zero-order valence-electron chi connectivity index (χ0n) is 11.3. The molecular formula is C14H18BrNO3. The molecule has 4 nitrogen and oxygen atoms in total. The van der Waals surface area contributed by atoms with E-state index in [0.29, 0.717) is 23.6 Å². The average Bonchev–Trinajstić information content (AvgIpc) is 2.38. The van der Waals surface area contributed by atoms with E-state index in [1.165, 1.54) is 6.92 Å². The number of alkyl halides is 1. The van der Waals surface area contributed by atoms with Gasteiger partial charge in [-0.2, -0.15) is 0 Å². The summed E-state index contributed by atoms with van der Waals surface area (Å²) in [6.07, 6.45) is 0.719. The highest BCUT2D eigenvalue weighted by Crippen LogP contribution is 2.27. The maximum atomic E-state index is 12.1. The number of amides is 1. The number of rotatable bonds is 6. The molecule has 1 aromatic carbocycles. The van der Waals surface area contributed by atoms with Crippen LogP contribution < -0.4 is 10.1 Å². The lowest BCUT2D eigenvalue weighted by Crippen LogP contribution is -2.14. The topological polar surface area (TPSA) is 55.4 Å². The first-order chi connectivity index (χ1) is 8.99. The summed E-state index contributed by atoms with van der Waals surface area (Å²) in [7, 11) is 0. The Balaban J connectivity index is 3.07. The molecule has 0 aromatic heterocycles. The molecule has 0 heterocycles. The number of benzene rings is 1. The van der Waals surface area contributed by atoms with Gasteiger partial charge in [-0.3, -0.25) is 9.59 Å². The molecule has 0 spiro atoms. The average molecular weight is 328 g/mol. The van der Waals surface area contributed by atoms with Crippen LogP contribution in [0.3, 0.4) is 0 Å². The van der Waals surface area contributed by atoms with E-state index in [2.05, 4.69) is 21.2 Å². The van der Waals surface area contributed by atoms with Crippen molar-refractivity contribution in [2.75, 3.05) is 11.9 Å². The molecule has 1 amide bonds. The standard InChI is InChI=1S/C14H18BrNO3/c1-4-11(15)14(18)10-6-7-12(16-9(3)17)13(8-10)19-5-2/h6-8,11H,4-5H2,1-3H3,(H,16,17). The van der Waals surface area contributed by atoms with Gasteiger partial charge in [0.2, 0.25) is 5.91 Å². The first kappa shape index (κ1) is 15.7. The summed E-state index contributed by atoms with van der Waals surface area (Å²) in [6, 6.07) is 5.05. The van der Waals surface area contributed by atoms with Gasteiger partial charge in [0.25, 0.3) is 0 Å². The molecule has 1 atom stereocenters. The molecule has 0 fully saturated rings. The fourth-order valence-corrected chi connectivity index (χ4v) is 1.87. The van der Waals surface area contributed by atoms with Crippen molar-refractivity contribution in [3.8, 4) is 5.75 Å². The van der Waals surface area contributed by atoms with Crippen LogP contribution in [0.1, 0.15) is 37.6 Å². The summed E-state index contributed by atoms with van der Waals surface area (Å²) in [6.45, 7) is 5.69. The second kappa shape index (κ2) is 7.28. The number of carbonyl (C=O) groups excluding carboxylic acids is 2. The third kappa shape index (κ3) is 4.35. The predicted octanol–water partition coefficient (Wildman–Crippen LogP) is 3.40. The number of nitrogens with one attached hydrogen (secondary N) is 1. The van der Waals surface area contributed by atoms with Gasteiger partial charge >= 0.3 is 0 Å². The van der Waals surface area contributed by atoms with Gasteiger partial charge in [-0.15, -0.1) is 0 Å². The minimum Gasteiger partial charge on any atom is -0.492 e. The Morgan fingerprint density at radius 1 is 1.37 bits per heavy atom. The Labute approximate surface area is 121 Å². The van der Waals surface area contributed by atoms with E-state index in [-0.39, 0.29) is 16.5 Å². The molecule has 0 saturated heterocycles. The molecule has 0 saturated carbocycles. The Bertz CT molecular complexity index is 474. The van der Waals surface area contributed by atoms with Gasteiger partial charge in [0, 0.05) is 12.5 Å². The summed E-state index contributed by atoms with van der Waals surface area (Å²) in [5, 5.41) is 2.68. The zero-order chi connectivity index (χ0) is 14.4. The molecule has 1 unspecified atom stereocenters. The lowest BCUT2D eigenvalue weighted by atomic mass is 10.1.